The molecule has 0 radical (unpaired) electrons. The van der Waals surface area contributed by atoms with Gasteiger partial charge in [0.15, 0.2) is 11.0 Å². The Morgan fingerprint density at radius 2 is 1.43 bits per heavy atom. The number of rotatable bonds is 3. The van der Waals surface area contributed by atoms with E-state index >= 15 is 0 Å². The molecule has 0 atom stereocenters. The number of aromatic nitrogens is 3. The number of aryl methyl sites for hydroxylation is 5. The summed E-state index contributed by atoms with van der Waals surface area (Å²) < 4.78 is 5.81. The minimum Gasteiger partial charge on any atom is -0.235 e. The summed E-state index contributed by atoms with van der Waals surface area (Å²) in [5.41, 5.74) is 12.2. The van der Waals surface area contributed by atoms with Crippen molar-refractivity contribution in [2.24, 2.45) is 14.1 Å². The molecule has 4 aromatic carbocycles. The van der Waals surface area contributed by atoms with Crippen molar-refractivity contribution < 1.29 is 4.57 Å². The molecule has 6 rings (SSSR count). The molecule has 0 bridgehead atoms. The summed E-state index contributed by atoms with van der Waals surface area (Å²) >= 11 is 1.79. The van der Waals surface area contributed by atoms with Gasteiger partial charge >= 0.3 is 0 Å². The van der Waals surface area contributed by atoms with Gasteiger partial charge in [-0.2, -0.15) is 0 Å². The standard InChI is InChI=1S/C31H28N3S/c1-19-15-16-26-29(28(19)31-33(4)24-13-9-10-14-25(24)34(31)5)32-30(35-26)27-20(2)17-23(18-21(27)3)22-11-7-6-8-12-22/h6-18H,1-5H3/q+1. The molecule has 6 aromatic rings. The molecule has 0 amide bonds. The molecular formula is C31H28N3S+. The van der Waals surface area contributed by atoms with E-state index in [1.807, 2.05) is 0 Å². The van der Waals surface area contributed by atoms with Gasteiger partial charge in [-0.05, 0) is 66.8 Å². The average molecular weight is 475 g/mol. The van der Waals surface area contributed by atoms with Crippen molar-refractivity contribution in [2.45, 2.75) is 20.8 Å². The van der Waals surface area contributed by atoms with Crippen LogP contribution in [0.15, 0.2) is 78.9 Å². The molecule has 0 aliphatic heterocycles. The highest BCUT2D eigenvalue weighted by atomic mass is 32.1. The largest absolute Gasteiger partial charge is 0.291 e. The van der Waals surface area contributed by atoms with E-state index in [-0.39, 0.29) is 0 Å². The third-order valence-corrected chi connectivity index (χ3v) is 8.12. The number of hydrogen-bond acceptors (Lipinski definition) is 2. The lowest BCUT2D eigenvalue weighted by Crippen LogP contribution is -2.30. The summed E-state index contributed by atoms with van der Waals surface area (Å²) in [6.07, 6.45) is 0. The lowest BCUT2D eigenvalue weighted by molar-refractivity contribution is -0.634. The normalized spacial score (nSPS) is 11.6. The second kappa shape index (κ2) is 8.17. The summed E-state index contributed by atoms with van der Waals surface area (Å²) in [6, 6.07) is 28.2. The van der Waals surface area contributed by atoms with Crippen molar-refractivity contribution in [2.75, 3.05) is 0 Å². The predicted molar refractivity (Wildman–Crippen MR) is 148 cm³/mol. The van der Waals surface area contributed by atoms with Crippen LogP contribution in [0.2, 0.25) is 0 Å². The second-order valence-electron chi connectivity index (χ2n) is 9.40. The Kier molecular flexibility index (Phi) is 5.08. The third kappa shape index (κ3) is 3.40. The number of hydrogen-bond donors (Lipinski definition) is 0. The van der Waals surface area contributed by atoms with E-state index in [1.165, 1.54) is 60.5 Å². The molecule has 2 aromatic heterocycles. The number of imidazole rings is 1. The van der Waals surface area contributed by atoms with Crippen LogP contribution in [0.3, 0.4) is 0 Å². The summed E-state index contributed by atoms with van der Waals surface area (Å²) in [6.45, 7) is 6.60. The van der Waals surface area contributed by atoms with Gasteiger partial charge in [0, 0.05) is 5.56 Å². The van der Waals surface area contributed by atoms with Crippen LogP contribution in [-0.2, 0) is 14.1 Å². The molecular weight excluding hydrogens is 446 g/mol. The van der Waals surface area contributed by atoms with E-state index in [2.05, 4.69) is 123 Å². The fraction of sp³-hybridized carbons (Fsp3) is 0.161. The van der Waals surface area contributed by atoms with Gasteiger partial charge in [-0.1, -0.05) is 60.7 Å². The monoisotopic (exact) mass is 474 g/mol. The van der Waals surface area contributed by atoms with Crippen molar-refractivity contribution >= 4 is 32.6 Å². The Labute approximate surface area is 209 Å². The highest BCUT2D eigenvalue weighted by Crippen LogP contribution is 2.40. The maximum atomic E-state index is 5.29. The summed E-state index contributed by atoms with van der Waals surface area (Å²) in [7, 11) is 4.31. The summed E-state index contributed by atoms with van der Waals surface area (Å²) in [4.78, 5) is 5.29. The maximum Gasteiger partial charge on any atom is 0.291 e. The van der Waals surface area contributed by atoms with Crippen molar-refractivity contribution in [3.05, 3.63) is 95.6 Å². The van der Waals surface area contributed by atoms with Gasteiger partial charge in [0.2, 0.25) is 0 Å². The van der Waals surface area contributed by atoms with E-state index in [0.717, 1.165) is 10.5 Å². The van der Waals surface area contributed by atoms with E-state index in [0.29, 0.717) is 0 Å². The Morgan fingerprint density at radius 3 is 2.14 bits per heavy atom. The van der Waals surface area contributed by atoms with Crippen LogP contribution in [0.4, 0.5) is 0 Å². The average Bonchev–Trinajstić information content (AvgIpc) is 3.39. The van der Waals surface area contributed by atoms with Crippen LogP contribution in [0.25, 0.3) is 54.3 Å². The van der Waals surface area contributed by atoms with E-state index in [4.69, 9.17) is 4.98 Å². The second-order valence-corrected chi connectivity index (χ2v) is 10.4. The first-order chi connectivity index (χ1) is 16.9. The van der Waals surface area contributed by atoms with Crippen LogP contribution < -0.4 is 4.57 Å². The Balaban J connectivity index is 1.56. The summed E-state index contributed by atoms with van der Waals surface area (Å²) in [5.74, 6) is 1.18. The van der Waals surface area contributed by atoms with Gasteiger partial charge in [-0.15, -0.1) is 11.3 Å². The predicted octanol–water partition coefficient (Wildman–Crippen LogP) is 7.54. The smallest absolute Gasteiger partial charge is 0.235 e. The molecule has 0 spiro atoms. The van der Waals surface area contributed by atoms with Crippen LogP contribution >= 0.6 is 11.3 Å². The van der Waals surface area contributed by atoms with Crippen LogP contribution in [0.5, 0.6) is 0 Å². The quantitative estimate of drug-likeness (QED) is 0.243. The Morgan fingerprint density at radius 1 is 0.743 bits per heavy atom. The minimum absolute atomic E-state index is 1.08. The van der Waals surface area contributed by atoms with Crippen molar-refractivity contribution in [1.29, 1.82) is 0 Å². The number of nitrogens with zero attached hydrogens (tertiary/aromatic N) is 3. The zero-order valence-electron chi connectivity index (χ0n) is 20.8. The third-order valence-electron chi connectivity index (χ3n) is 7.09. The van der Waals surface area contributed by atoms with Gasteiger partial charge in [-0.25, -0.2) is 14.1 Å². The molecule has 35 heavy (non-hydrogen) atoms. The molecule has 0 unspecified atom stereocenters. The first kappa shape index (κ1) is 21.8. The van der Waals surface area contributed by atoms with Gasteiger partial charge in [-0.3, -0.25) is 0 Å². The Bertz CT molecular complexity index is 1680. The molecule has 0 aliphatic carbocycles. The lowest BCUT2D eigenvalue weighted by atomic mass is 9.96. The highest BCUT2D eigenvalue weighted by Gasteiger charge is 2.27. The summed E-state index contributed by atoms with van der Waals surface area (Å²) in [5, 5.41) is 1.09. The molecule has 0 N–H and O–H groups in total. The lowest BCUT2D eigenvalue weighted by Gasteiger charge is -2.11. The van der Waals surface area contributed by atoms with Crippen molar-refractivity contribution in [3.63, 3.8) is 0 Å². The highest BCUT2D eigenvalue weighted by molar-refractivity contribution is 7.21. The van der Waals surface area contributed by atoms with Gasteiger partial charge in [0.1, 0.15) is 5.01 Å². The molecule has 2 heterocycles. The van der Waals surface area contributed by atoms with Crippen LogP contribution in [0.1, 0.15) is 16.7 Å². The van der Waals surface area contributed by atoms with Crippen LogP contribution in [-0.4, -0.2) is 9.55 Å². The SMILES string of the molecule is Cc1cc(-c2ccccc2)cc(C)c1-c1nc2c(-c3n(C)c4ccccc4[n+]3C)c(C)ccc2s1. The number of thiazole rings is 1. The van der Waals surface area contributed by atoms with Crippen LogP contribution in [0, 0.1) is 20.8 Å². The number of fused-ring (bicyclic) bond motifs is 2. The van der Waals surface area contributed by atoms with E-state index in [9.17, 15) is 0 Å². The van der Waals surface area contributed by atoms with Gasteiger partial charge in [0.25, 0.3) is 5.82 Å². The maximum absolute atomic E-state index is 5.29. The zero-order valence-corrected chi connectivity index (χ0v) is 21.6. The molecule has 0 saturated heterocycles. The van der Waals surface area contributed by atoms with Crippen molar-refractivity contribution in [1.82, 2.24) is 9.55 Å². The molecule has 172 valence electrons. The zero-order chi connectivity index (χ0) is 24.3. The molecule has 4 heteroatoms. The van der Waals surface area contributed by atoms with E-state index < -0.39 is 0 Å². The molecule has 0 aliphatic rings. The molecule has 0 saturated carbocycles. The number of para-hydroxylation sites is 2. The fourth-order valence-electron chi connectivity index (χ4n) is 5.40. The van der Waals surface area contributed by atoms with Crippen molar-refractivity contribution in [3.8, 4) is 33.1 Å². The molecule has 3 nitrogen and oxygen atoms in total. The minimum atomic E-state index is 1.08. The van der Waals surface area contributed by atoms with Gasteiger partial charge in [0.05, 0.1) is 29.9 Å². The van der Waals surface area contributed by atoms with E-state index in [1.54, 1.807) is 11.3 Å². The number of benzene rings is 4. The first-order valence-corrected chi connectivity index (χ1v) is 12.8. The first-order valence-electron chi connectivity index (χ1n) is 11.9. The van der Waals surface area contributed by atoms with Gasteiger partial charge < -0.3 is 0 Å². The fourth-order valence-corrected chi connectivity index (χ4v) is 6.55. The molecule has 0 fully saturated rings. The Hall–Kier alpha value is -3.76. The topological polar surface area (TPSA) is 21.7 Å².